The number of alkyl halides is 3. The molecule has 3 heterocycles. The SMILES string of the molecule is O[C@H]1CN(c2c(-c3cc(F)cc(Cl)c3)cncc2-c2nc3cc(F)c(F)cc3[nH]2)CC[C@H]1NCCC(F)(F)F. The number of aromatic amines is 1. The van der Waals surface area contributed by atoms with Gasteiger partial charge in [-0.3, -0.25) is 4.98 Å². The molecule has 0 amide bonds. The van der Waals surface area contributed by atoms with E-state index in [2.05, 4.69) is 20.3 Å². The summed E-state index contributed by atoms with van der Waals surface area (Å²) >= 11 is 6.11. The van der Waals surface area contributed by atoms with E-state index in [1.54, 1.807) is 11.0 Å². The van der Waals surface area contributed by atoms with Crippen LogP contribution < -0.4 is 10.2 Å². The number of hydrogen-bond acceptors (Lipinski definition) is 5. The van der Waals surface area contributed by atoms with Gasteiger partial charge in [0.15, 0.2) is 11.6 Å². The number of pyridine rings is 1. The van der Waals surface area contributed by atoms with Gasteiger partial charge in [-0.15, -0.1) is 0 Å². The Morgan fingerprint density at radius 2 is 1.79 bits per heavy atom. The number of aliphatic hydroxyl groups excluding tert-OH is 1. The second kappa shape index (κ2) is 10.7. The van der Waals surface area contributed by atoms with Crippen molar-refractivity contribution >= 4 is 28.3 Å². The zero-order chi connectivity index (χ0) is 27.9. The first-order chi connectivity index (χ1) is 18.5. The minimum atomic E-state index is -4.32. The monoisotopic (exact) mass is 569 g/mol. The predicted octanol–water partition coefficient (Wildman–Crippen LogP) is 5.84. The van der Waals surface area contributed by atoms with Gasteiger partial charge in [0.05, 0.1) is 34.8 Å². The van der Waals surface area contributed by atoms with Crippen LogP contribution in [0, 0.1) is 17.5 Å². The van der Waals surface area contributed by atoms with E-state index in [1.165, 1.54) is 18.5 Å². The fourth-order valence-electron chi connectivity index (χ4n) is 4.79. The predicted molar refractivity (Wildman–Crippen MR) is 135 cm³/mol. The molecule has 0 unspecified atom stereocenters. The highest BCUT2D eigenvalue weighted by atomic mass is 35.5. The van der Waals surface area contributed by atoms with Gasteiger partial charge < -0.3 is 20.3 Å². The topological polar surface area (TPSA) is 77.1 Å². The third-order valence-corrected chi connectivity index (χ3v) is 6.80. The normalized spacial score (nSPS) is 18.2. The maximum atomic E-state index is 14.3. The van der Waals surface area contributed by atoms with E-state index in [4.69, 9.17) is 11.6 Å². The van der Waals surface area contributed by atoms with Crippen molar-refractivity contribution in [3.8, 4) is 22.5 Å². The molecule has 0 spiro atoms. The number of piperidine rings is 1. The summed E-state index contributed by atoms with van der Waals surface area (Å²) in [5.41, 5.74) is 2.13. The molecule has 2 aromatic carbocycles. The van der Waals surface area contributed by atoms with Crippen molar-refractivity contribution in [2.45, 2.75) is 31.2 Å². The lowest BCUT2D eigenvalue weighted by molar-refractivity contribution is -0.134. The van der Waals surface area contributed by atoms with E-state index >= 15 is 0 Å². The second-order valence-electron chi connectivity index (χ2n) is 9.34. The lowest BCUT2D eigenvalue weighted by Crippen LogP contribution is -2.53. The number of β-amino-alcohol motifs (C(OH)–C–C–N with tert-alkyl or cyclic N) is 1. The molecule has 6 nitrogen and oxygen atoms in total. The molecular weight excluding hydrogens is 548 g/mol. The van der Waals surface area contributed by atoms with Crippen molar-refractivity contribution < 1.29 is 31.4 Å². The van der Waals surface area contributed by atoms with Crippen LogP contribution in [-0.2, 0) is 0 Å². The smallest absolute Gasteiger partial charge is 0.390 e. The fourth-order valence-corrected chi connectivity index (χ4v) is 5.01. The molecule has 13 heteroatoms. The molecule has 1 aliphatic rings. The first-order valence-electron chi connectivity index (χ1n) is 12.0. The lowest BCUT2D eigenvalue weighted by Gasteiger charge is -2.39. The Balaban J connectivity index is 1.55. The molecular formula is C26H22ClF6N5O. The number of rotatable bonds is 6. The highest BCUT2D eigenvalue weighted by molar-refractivity contribution is 6.30. The van der Waals surface area contributed by atoms with Gasteiger partial charge in [-0.05, 0) is 30.2 Å². The Morgan fingerprint density at radius 3 is 2.51 bits per heavy atom. The van der Waals surface area contributed by atoms with Gasteiger partial charge in [0, 0.05) is 60.8 Å². The number of halogens is 7. The zero-order valence-corrected chi connectivity index (χ0v) is 20.9. The average molecular weight is 570 g/mol. The summed E-state index contributed by atoms with van der Waals surface area (Å²) in [6.45, 7) is 0.0163. The number of hydrogen-bond donors (Lipinski definition) is 3. The number of benzene rings is 2. The number of nitrogens with zero attached hydrogens (tertiary/aromatic N) is 3. The number of nitrogens with one attached hydrogen (secondary N) is 2. The van der Waals surface area contributed by atoms with Crippen LogP contribution in [0.2, 0.25) is 5.02 Å². The third kappa shape index (κ3) is 5.97. The number of anilines is 1. The Bertz CT molecular complexity index is 1450. The maximum Gasteiger partial charge on any atom is 0.390 e. The van der Waals surface area contributed by atoms with Crippen LogP contribution in [0.1, 0.15) is 12.8 Å². The van der Waals surface area contributed by atoms with Gasteiger partial charge >= 0.3 is 6.18 Å². The number of fused-ring (bicyclic) bond motifs is 1. The average Bonchev–Trinajstić information content (AvgIpc) is 3.26. The number of imidazole rings is 1. The van der Waals surface area contributed by atoms with E-state index in [9.17, 15) is 31.4 Å². The van der Waals surface area contributed by atoms with Gasteiger partial charge in [-0.2, -0.15) is 13.2 Å². The quantitative estimate of drug-likeness (QED) is 0.254. The molecule has 2 aromatic heterocycles. The van der Waals surface area contributed by atoms with Crippen LogP contribution in [0.4, 0.5) is 32.0 Å². The lowest BCUT2D eigenvalue weighted by atomic mass is 9.96. The summed E-state index contributed by atoms with van der Waals surface area (Å²) in [5.74, 6) is -2.48. The molecule has 0 aliphatic carbocycles. The Morgan fingerprint density at radius 1 is 1.05 bits per heavy atom. The van der Waals surface area contributed by atoms with Gasteiger partial charge in [-0.25, -0.2) is 18.2 Å². The second-order valence-corrected chi connectivity index (χ2v) is 9.77. The molecule has 0 saturated carbocycles. The van der Waals surface area contributed by atoms with E-state index in [-0.39, 0.29) is 35.0 Å². The number of aromatic nitrogens is 3. The Labute approximate surface area is 223 Å². The minimum Gasteiger partial charge on any atom is -0.390 e. The molecule has 1 fully saturated rings. The van der Waals surface area contributed by atoms with Crippen LogP contribution in [0.5, 0.6) is 0 Å². The Kier molecular flexibility index (Phi) is 7.45. The van der Waals surface area contributed by atoms with Gasteiger partial charge in [0.25, 0.3) is 0 Å². The van der Waals surface area contributed by atoms with Crippen LogP contribution in [0.3, 0.4) is 0 Å². The molecule has 4 aromatic rings. The molecule has 0 radical (unpaired) electrons. The number of aliphatic hydroxyl groups is 1. The van der Waals surface area contributed by atoms with Crippen molar-refractivity contribution in [3.05, 3.63) is 65.2 Å². The van der Waals surface area contributed by atoms with Crippen LogP contribution in [-0.4, -0.2) is 58.0 Å². The minimum absolute atomic E-state index is 0.0280. The molecule has 2 atom stereocenters. The molecule has 3 N–H and O–H groups in total. The van der Waals surface area contributed by atoms with Gasteiger partial charge in [-0.1, -0.05) is 11.6 Å². The van der Waals surface area contributed by atoms with Crippen molar-refractivity contribution in [3.63, 3.8) is 0 Å². The van der Waals surface area contributed by atoms with Crippen molar-refractivity contribution in [1.82, 2.24) is 20.3 Å². The summed E-state index contributed by atoms with van der Waals surface area (Å²) < 4.78 is 79.7. The van der Waals surface area contributed by atoms with Crippen molar-refractivity contribution in [2.75, 3.05) is 24.5 Å². The highest BCUT2D eigenvalue weighted by Crippen LogP contribution is 2.40. The summed E-state index contributed by atoms with van der Waals surface area (Å²) in [6, 6.07) is 5.31. The summed E-state index contributed by atoms with van der Waals surface area (Å²) in [5, 5.41) is 13.7. The molecule has 206 valence electrons. The molecule has 1 aliphatic heterocycles. The first kappa shape index (κ1) is 27.2. The van der Waals surface area contributed by atoms with E-state index in [1.807, 2.05) is 0 Å². The standard InChI is InChI=1S/C26H22ClF6N5O/c27-14-5-13(6-15(28)7-14)16-10-34-11-17(25-36-21-8-18(29)19(30)9-22(21)37-25)24(16)38-4-1-20(23(39)12-38)35-3-2-26(31,32)33/h5-11,20,23,35,39H,1-4,12H2,(H,36,37)/t20-,23+/m1/s1. The molecule has 5 rings (SSSR count). The molecule has 0 bridgehead atoms. The third-order valence-electron chi connectivity index (χ3n) is 6.58. The molecule has 1 saturated heterocycles. The zero-order valence-electron chi connectivity index (χ0n) is 20.2. The first-order valence-corrected chi connectivity index (χ1v) is 12.4. The summed E-state index contributed by atoms with van der Waals surface area (Å²) in [4.78, 5) is 13.4. The maximum absolute atomic E-state index is 14.3. The van der Waals surface area contributed by atoms with E-state index in [0.717, 1.165) is 18.2 Å². The van der Waals surface area contributed by atoms with Gasteiger partial charge in [0.1, 0.15) is 11.6 Å². The van der Waals surface area contributed by atoms with Crippen LogP contribution >= 0.6 is 11.6 Å². The molecule has 39 heavy (non-hydrogen) atoms. The summed E-state index contributed by atoms with van der Waals surface area (Å²) in [7, 11) is 0. The van der Waals surface area contributed by atoms with Crippen LogP contribution in [0.15, 0.2) is 42.7 Å². The Hall–Kier alpha value is -3.35. The van der Waals surface area contributed by atoms with Crippen molar-refractivity contribution in [2.24, 2.45) is 0 Å². The van der Waals surface area contributed by atoms with E-state index < -0.39 is 42.2 Å². The van der Waals surface area contributed by atoms with Crippen molar-refractivity contribution in [1.29, 1.82) is 0 Å². The largest absolute Gasteiger partial charge is 0.390 e. The number of H-pyrrole nitrogens is 1. The highest BCUT2D eigenvalue weighted by Gasteiger charge is 2.32. The van der Waals surface area contributed by atoms with Crippen LogP contribution in [0.25, 0.3) is 33.5 Å². The fraction of sp³-hybridized carbons (Fsp3) is 0.308. The van der Waals surface area contributed by atoms with E-state index in [0.29, 0.717) is 35.3 Å². The van der Waals surface area contributed by atoms with Gasteiger partial charge in [0.2, 0.25) is 0 Å². The summed E-state index contributed by atoms with van der Waals surface area (Å²) in [6.07, 6.45) is -3.09.